The summed E-state index contributed by atoms with van der Waals surface area (Å²) in [5, 5.41) is 19.0. The summed E-state index contributed by atoms with van der Waals surface area (Å²) in [7, 11) is 1.40. The Balaban J connectivity index is 1.82. The van der Waals surface area contributed by atoms with E-state index < -0.39 is 0 Å². The second-order valence-corrected chi connectivity index (χ2v) is 7.26. The van der Waals surface area contributed by atoms with Crippen LogP contribution in [0.1, 0.15) is 32.1 Å². The summed E-state index contributed by atoms with van der Waals surface area (Å²) in [5.74, 6) is 0.196. The second-order valence-electron chi connectivity index (χ2n) is 6.09. The Morgan fingerprint density at radius 1 is 1.50 bits per heavy atom. The molecule has 1 heterocycles. The molecule has 126 valence electrons. The van der Waals surface area contributed by atoms with E-state index in [0.29, 0.717) is 18.8 Å². The van der Waals surface area contributed by atoms with Gasteiger partial charge in [-0.15, -0.1) is 0 Å². The molecule has 0 amide bonds. The van der Waals surface area contributed by atoms with Crippen LogP contribution in [0.2, 0.25) is 0 Å². The molecule has 6 atom stereocenters. The number of hydrogen-bond acceptors (Lipinski definition) is 5. The molecule has 0 bridgehead atoms. The van der Waals surface area contributed by atoms with E-state index in [-0.39, 0.29) is 41.6 Å². The predicted molar refractivity (Wildman–Crippen MR) is 85.7 cm³/mol. The topological polar surface area (TPSA) is 76.0 Å². The standard InChI is InChI=1S/C16H25BrO5/c1-21-16(20)6-2-5-12(17)15-8-11-10(4-3-7-18)13(19)9-14(11)22-15/h3-4,10-15,18-19H,2,5-9H2,1H3/t10-,11-,12?,13-,14-,15?/m1/s1. The van der Waals surface area contributed by atoms with E-state index >= 15 is 0 Å². The average molecular weight is 377 g/mol. The van der Waals surface area contributed by atoms with Gasteiger partial charge in [-0.2, -0.15) is 0 Å². The number of carbonyl (C=O) groups excluding carboxylic acids is 1. The molecule has 1 saturated carbocycles. The van der Waals surface area contributed by atoms with Gasteiger partial charge in [-0.1, -0.05) is 28.1 Å². The number of esters is 1. The maximum atomic E-state index is 11.1. The minimum absolute atomic E-state index is 0.000506. The summed E-state index contributed by atoms with van der Waals surface area (Å²) >= 11 is 3.68. The SMILES string of the molecule is COC(=O)CCCC(Br)C1C[C@@H]2[C@@H](C=CCO)[C@H](O)C[C@H]2O1. The first kappa shape index (κ1) is 17.9. The highest BCUT2D eigenvalue weighted by Gasteiger charge is 2.49. The zero-order valence-corrected chi connectivity index (χ0v) is 14.4. The third-order valence-electron chi connectivity index (χ3n) is 4.70. The van der Waals surface area contributed by atoms with E-state index in [2.05, 4.69) is 20.7 Å². The summed E-state index contributed by atoms with van der Waals surface area (Å²) in [4.78, 5) is 11.3. The van der Waals surface area contributed by atoms with Crippen molar-refractivity contribution in [3.05, 3.63) is 12.2 Å². The molecule has 2 aliphatic rings. The second kappa shape index (κ2) is 8.43. The van der Waals surface area contributed by atoms with Gasteiger partial charge < -0.3 is 19.7 Å². The lowest BCUT2D eigenvalue weighted by Gasteiger charge is -2.20. The minimum atomic E-state index is -0.383. The molecule has 2 N–H and O–H groups in total. The first-order chi connectivity index (χ1) is 10.6. The minimum Gasteiger partial charge on any atom is -0.469 e. The van der Waals surface area contributed by atoms with Gasteiger partial charge in [-0.3, -0.25) is 4.79 Å². The molecular formula is C16H25BrO5. The summed E-state index contributed by atoms with van der Waals surface area (Å²) in [6, 6.07) is 0. The van der Waals surface area contributed by atoms with Crippen molar-refractivity contribution in [2.45, 2.75) is 55.2 Å². The summed E-state index contributed by atoms with van der Waals surface area (Å²) in [6.07, 6.45) is 7.06. The fraction of sp³-hybridized carbons (Fsp3) is 0.812. The van der Waals surface area contributed by atoms with E-state index in [1.54, 1.807) is 6.08 Å². The molecule has 0 aromatic rings. The number of fused-ring (bicyclic) bond motifs is 1. The number of aliphatic hydroxyl groups is 2. The van der Waals surface area contributed by atoms with Gasteiger partial charge in [0.1, 0.15) is 0 Å². The number of carbonyl (C=O) groups is 1. The normalized spacial score (nSPS) is 35.7. The number of alkyl halides is 1. The van der Waals surface area contributed by atoms with Gasteiger partial charge in [-0.05, 0) is 25.2 Å². The number of rotatable bonds is 7. The van der Waals surface area contributed by atoms with Crippen LogP contribution in [0.5, 0.6) is 0 Å². The van der Waals surface area contributed by atoms with Crippen molar-refractivity contribution in [1.82, 2.24) is 0 Å². The Bertz CT molecular complexity index is 400. The lowest BCUT2D eigenvalue weighted by molar-refractivity contribution is -0.140. The Hall–Kier alpha value is -0.430. The van der Waals surface area contributed by atoms with Gasteiger partial charge in [0, 0.05) is 23.6 Å². The molecule has 2 unspecified atom stereocenters. The number of aliphatic hydroxyl groups excluding tert-OH is 2. The van der Waals surface area contributed by atoms with Crippen LogP contribution >= 0.6 is 15.9 Å². The van der Waals surface area contributed by atoms with Gasteiger partial charge in [-0.25, -0.2) is 0 Å². The van der Waals surface area contributed by atoms with Gasteiger partial charge in [0.25, 0.3) is 0 Å². The summed E-state index contributed by atoms with van der Waals surface area (Å²) in [5.41, 5.74) is 0. The van der Waals surface area contributed by atoms with E-state index in [9.17, 15) is 9.90 Å². The summed E-state index contributed by atoms with van der Waals surface area (Å²) < 4.78 is 10.7. The number of methoxy groups -OCH3 is 1. The van der Waals surface area contributed by atoms with Crippen LogP contribution < -0.4 is 0 Å². The monoisotopic (exact) mass is 376 g/mol. The molecule has 22 heavy (non-hydrogen) atoms. The van der Waals surface area contributed by atoms with Crippen molar-refractivity contribution in [2.24, 2.45) is 11.8 Å². The Morgan fingerprint density at radius 3 is 2.95 bits per heavy atom. The molecule has 1 aliphatic heterocycles. The Kier molecular flexibility index (Phi) is 6.87. The van der Waals surface area contributed by atoms with Gasteiger partial charge in [0.15, 0.2) is 0 Å². The molecule has 0 radical (unpaired) electrons. The first-order valence-electron chi connectivity index (χ1n) is 7.88. The maximum absolute atomic E-state index is 11.1. The van der Waals surface area contributed by atoms with Gasteiger partial charge in [0.05, 0.1) is 32.0 Å². The van der Waals surface area contributed by atoms with Gasteiger partial charge in [0.2, 0.25) is 0 Å². The zero-order chi connectivity index (χ0) is 16.1. The molecular weight excluding hydrogens is 352 g/mol. The van der Waals surface area contributed by atoms with Crippen LogP contribution in [0, 0.1) is 11.8 Å². The van der Waals surface area contributed by atoms with Crippen molar-refractivity contribution in [3.8, 4) is 0 Å². The van der Waals surface area contributed by atoms with Crippen LogP contribution in [0.3, 0.4) is 0 Å². The van der Waals surface area contributed by atoms with Crippen molar-refractivity contribution in [3.63, 3.8) is 0 Å². The molecule has 2 rings (SSSR count). The van der Waals surface area contributed by atoms with Crippen LogP contribution in [-0.2, 0) is 14.3 Å². The van der Waals surface area contributed by atoms with Crippen LogP contribution in [-0.4, -0.2) is 53.0 Å². The molecule has 0 aromatic heterocycles. The van der Waals surface area contributed by atoms with Crippen LogP contribution in [0.4, 0.5) is 0 Å². The summed E-state index contributed by atoms with van der Waals surface area (Å²) in [6.45, 7) is -0.000506. The smallest absolute Gasteiger partial charge is 0.305 e. The number of hydrogen-bond donors (Lipinski definition) is 2. The molecule has 5 nitrogen and oxygen atoms in total. The highest BCUT2D eigenvalue weighted by atomic mass is 79.9. The molecule has 1 aliphatic carbocycles. The highest BCUT2D eigenvalue weighted by molar-refractivity contribution is 9.09. The molecule has 2 fully saturated rings. The lowest BCUT2D eigenvalue weighted by atomic mass is 9.89. The average Bonchev–Trinajstić information content (AvgIpc) is 3.02. The van der Waals surface area contributed by atoms with E-state index in [1.165, 1.54) is 7.11 Å². The lowest BCUT2D eigenvalue weighted by Crippen LogP contribution is -2.24. The van der Waals surface area contributed by atoms with E-state index in [1.807, 2.05) is 6.08 Å². The third kappa shape index (κ3) is 4.31. The van der Waals surface area contributed by atoms with Gasteiger partial charge >= 0.3 is 5.97 Å². The zero-order valence-electron chi connectivity index (χ0n) is 12.9. The van der Waals surface area contributed by atoms with Crippen LogP contribution in [0.15, 0.2) is 12.2 Å². The molecule has 0 spiro atoms. The number of ether oxygens (including phenoxy) is 2. The maximum Gasteiger partial charge on any atom is 0.305 e. The van der Waals surface area contributed by atoms with Crippen LogP contribution in [0.25, 0.3) is 0 Å². The molecule has 6 heteroatoms. The number of halogens is 1. The van der Waals surface area contributed by atoms with Crippen molar-refractivity contribution in [2.75, 3.05) is 13.7 Å². The molecule has 0 aromatic carbocycles. The van der Waals surface area contributed by atoms with E-state index in [0.717, 1.165) is 19.3 Å². The van der Waals surface area contributed by atoms with Crippen molar-refractivity contribution >= 4 is 21.9 Å². The first-order valence-corrected chi connectivity index (χ1v) is 8.80. The van der Waals surface area contributed by atoms with E-state index in [4.69, 9.17) is 9.84 Å². The fourth-order valence-electron chi connectivity index (χ4n) is 3.57. The predicted octanol–water partition coefficient (Wildman–Crippen LogP) is 1.80. The van der Waals surface area contributed by atoms with Crippen molar-refractivity contribution < 1.29 is 24.5 Å². The van der Waals surface area contributed by atoms with Crippen molar-refractivity contribution in [1.29, 1.82) is 0 Å². The third-order valence-corrected chi connectivity index (χ3v) is 5.75. The highest BCUT2D eigenvalue weighted by Crippen LogP contribution is 2.45. The Labute approximate surface area is 139 Å². The fourth-order valence-corrected chi connectivity index (χ4v) is 4.23. The molecule has 1 saturated heterocycles. The Morgan fingerprint density at radius 2 is 2.27 bits per heavy atom. The quantitative estimate of drug-likeness (QED) is 0.402. The largest absolute Gasteiger partial charge is 0.469 e.